The predicted molar refractivity (Wildman–Crippen MR) is 95.1 cm³/mol. The van der Waals surface area contributed by atoms with Crippen molar-refractivity contribution in [2.75, 3.05) is 20.3 Å². The first-order chi connectivity index (χ1) is 12.6. The molecule has 0 aliphatic carbocycles. The number of ketones is 1. The van der Waals surface area contributed by atoms with E-state index >= 15 is 0 Å². The number of hydrogen-bond acceptors (Lipinski definition) is 6. The van der Waals surface area contributed by atoms with Gasteiger partial charge in [-0.2, -0.15) is 0 Å². The Morgan fingerprint density at radius 1 is 1.08 bits per heavy atom. The molecule has 0 N–H and O–H groups in total. The molecule has 0 radical (unpaired) electrons. The van der Waals surface area contributed by atoms with E-state index in [0.29, 0.717) is 41.8 Å². The normalized spacial score (nSPS) is 12.7. The molecule has 1 aliphatic heterocycles. The van der Waals surface area contributed by atoms with Gasteiger partial charge in [0.1, 0.15) is 19.0 Å². The van der Waals surface area contributed by atoms with Gasteiger partial charge in [0.05, 0.1) is 7.11 Å². The van der Waals surface area contributed by atoms with Gasteiger partial charge < -0.3 is 18.9 Å². The summed E-state index contributed by atoms with van der Waals surface area (Å²) < 4.78 is 21.6. The zero-order valence-corrected chi connectivity index (χ0v) is 14.5. The second-order valence-electron chi connectivity index (χ2n) is 5.58. The summed E-state index contributed by atoms with van der Waals surface area (Å²) >= 11 is 0. The predicted octanol–water partition coefficient (Wildman–Crippen LogP) is 3.29. The van der Waals surface area contributed by atoms with Crippen LogP contribution >= 0.6 is 0 Å². The van der Waals surface area contributed by atoms with Crippen molar-refractivity contribution in [2.45, 2.75) is 6.92 Å². The fraction of sp³-hybridized carbons (Fsp3) is 0.200. The molecule has 0 atom stereocenters. The Bertz CT molecular complexity index is 834. The van der Waals surface area contributed by atoms with E-state index in [0.717, 1.165) is 5.56 Å². The number of hydrogen-bond donors (Lipinski definition) is 0. The van der Waals surface area contributed by atoms with E-state index in [1.165, 1.54) is 13.0 Å². The third kappa shape index (κ3) is 4.03. The molecule has 3 rings (SSSR count). The third-order valence-corrected chi connectivity index (χ3v) is 3.74. The van der Waals surface area contributed by atoms with Gasteiger partial charge in [0, 0.05) is 11.6 Å². The van der Waals surface area contributed by atoms with E-state index in [2.05, 4.69) is 0 Å². The van der Waals surface area contributed by atoms with Gasteiger partial charge in [-0.1, -0.05) is 0 Å². The van der Waals surface area contributed by atoms with Gasteiger partial charge in [-0.25, -0.2) is 4.79 Å². The van der Waals surface area contributed by atoms with Crippen LogP contribution in [0, 0.1) is 0 Å². The van der Waals surface area contributed by atoms with Gasteiger partial charge in [-0.3, -0.25) is 4.79 Å². The molecule has 0 fully saturated rings. The molecule has 6 nitrogen and oxygen atoms in total. The van der Waals surface area contributed by atoms with Crippen LogP contribution in [0.2, 0.25) is 0 Å². The number of ether oxygens (including phenoxy) is 4. The van der Waals surface area contributed by atoms with Gasteiger partial charge in [0.15, 0.2) is 17.3 Å². The molecule has 0 saturated heterocycles. The first-order valence-electron chi connectivity index (χ1n) is 8.05. The minimum Gasteiger partial charge on any atom is -0.493 e. The summed E-state index contributed by atoms with van der Waals surface area (Å²) in [5, 5.41) is 0. The summed E-state index contributed by atoms with van der Waals surface area (Å²) in [7, 11) is 1.54. The molecule has 0 amide bonds. The molecule has 2 aromatic carbocycles. The molecule has 0 spiro atoms. The summed E-state index contributed by atoms with van der Waals surface area (Å²) in [4.78, 5) is 23.2. The molecular weight excluding hydrogens is 336 g/mol. The lowest BCUT2D eigenvalue weighted by atomic mass is 10.1. The van der Waals surface area contributed by atoms with Crippen LogP contribution in [0.3, 0.4) is 0 Å². The van der Waals surface area contributed by atoms with Gasteiger partial charge >= 0.3 is 5.97 Å². The van der Waals surface area contributed by atoms with E-state index in [9.17, 15) is 9.59 Å². The van der Waals surface area contributed by atoms with Crippen molar-refractivity contribution in [3.05, 3.63) is 53.6 Å². The highest BCUT2D eigenvalue weighted by molar-refractivity contribution is 5.94. The molecule has 0 aromatic heterocycles. The molecule has 0 unspecified atom stereocenters. The van der Waals surface area contributed by atoms with E-state index in [1.807, 2.05) is 0 Å². The second-order valence-corrected chi connectivity index (χ2v) is 5.58. The molecule has 134 valence electrons. The molecular formula is C20H18O6. The van der Waals surface area contributed by atoms with Crippen LogP contribution in [0.1, 0.15) is 22.8 Å². The van der Waals surface area contributed by atoms with Crippen molar-refractivity contribution in [3.8, 4) is 23.0 Å². The lowest BCUT2D eigenvalue weighted by Crippen LogP contribution is -2.16. The minimum absolute atomic E-state index is 0.0460. The highest BCUT2D eigenvalue weighted by Crippen LogP contribution is 2.40. The summed E-state index contributed by atoms with van der Waals surface area (Å²) in [6, 6.07) is 9.90. The molecule has 6 heteroatoms. The Hall–Kier alpha value is -3.28. The van der Waals surface area contributed by atoms with Crippen LogP contribution in [0.5, 0.6) is 23.0 Å². The highest BCUT2D eigenvalue weighted by Gasteiger charge is 2.17. The summed E-state index contributed by atoms with van der Waals surface area (Å²) in [5.74, 6) is 1.46. The lowest BCUT2D eigenvalue weighted by molar-refractivity contribution is -0.128. The van der Waals surface area contributed by atoms with Crippen molar-refractivity contribution < 1.29 is 28.5 Å². The van der Waals surface area contributed by atoms with Crippen LogP contribution in [0.4, 0.5) is 0 Å². The lowest BCUT2D eigenvalue weighted by Gasteiger charge is -2.20. The monoisotopic (exact) mass is 354 g/mol. The van der Waals surface area contributed by atoms with Gasteiger partial charge in [0.25, 0.3) is 0 Å². The number of carbonyl (C=O) groups is 2. The molecule has 26 heavy (non-hydrogen) atoms. The number of rotatable bonds is 5. The number of fused-ring (bicyclic) bond motifs is 1. The van der Waals surface area contributed by atoms with Crippen molar-refractivity contribution >= 4 is 17.8 Å². The largest absolute Gasteiger partial charge is 0.493 e. The van der Waals surface area contributed by atoms with Gasteiger partial charge in [-0.15, -0.1) is 0 Å². The Morgan fingerprint density at radius 3 is 2.50 bits per heavy atom. The molecule has 0 bridgehead atoms. The van der Waals surface area contributed by atoms with Crippen molar-refractivity contribution in [1.29, 1.82) is 0 Å². The van der Waals surface area contributed by atoms with Gasteiger partial charge in [0.2, 0.25) is 5.75 Å². The number of benzene rings is 2. The maximum absolute atomic E-state index is 12.0. The first-order valence-corrected chi connectivity index (χ1v) is 8.05. The van der Waals surface area contributed by atoms with E-state index < -0.39 is 5.97 Å². The van der Waals surface area contributed by atoms with E-state index in [-0.39, 0.29) is 5.78 Å². The zero-order valence-electron chi connectivity index (χ0n) is 14.5. The van der Waals surface area contributed by atoms with Crippen LogP contribution in [0.25, 0.3) is 6.08 Å². The number of esters is 1. The average Bonchev–Trinajstić information content (AvgIpc) is 2.66. The maximum atomic E-state index is 12.0. The summed E-state index contributed by atoms with van der Waals surface area (Å²) in [5.41, 5.74) is 1.28. The third-order valence-electron chi connectivity index (χ3n) is 3.74. The topological polar surface area (TPSA) is 71.1 Å². The molecule has 1 aliphatic rings. The maximum Gasteiger partial charge on any atom is 0.336 e. The summed E-state index contributed by atoms with van der Waals surface area (Å²) in [6.07, 6.45) is 2.91. The van der Waals surface area contributed by atoms with Crippen LogP contribution in [-0.4, -0.2) is 32.1 Å². The van der Waals surface area contributed by atoms with Crippen LogP contribution < -0.4 is 18.9 Å². The fourth-order valence-corrected chi connectivity index (χ4v) is 2.46. The Kier molecular flexibility index (Phi) is 5.22. The number of carbonyl (C=O) groups excluding carboxylic acids is 2. The fourth-order valence-electron chi connectivity index (χ4n) is 2.46. The van der Waals surface area contributed by atoms with Crippen molar-refractivity contribution in [3.63, 3.8) is 0 Å². The minimum atomic E-state index is -0.533. The highest BCUT2D eigenvalue weighted by atomic mass is 16.6. The molecule has 2 aromatic rings. The summed E-state index contributed by atoms with van der Waals surface area (Å²) in [6.45, 7) is 2.40. The van der Waals surface area contributed by atoms with Gasteiger partial charge in [-0.05, 0) is 55.0 Å². The smallest absolute Gasteiger partial charge is 0.336 e. The van der Waals surface area contributed by atoms with Crippen molar-refractivity contribution in [2.24, 2.45) is 0 Å². The second kappa shape index (κ2) is 7.74. The van der Waals surface area contributed by atoms with Crippen LogP contribution in [-0.2, 0) is 4.79 Å². The quantitative estimate of drug-likeness (QED) is 0.355. The van der Waals surface area contributed by atoms with E-state index in [1.54, 1.807) is 49.6 Å². The van der Waals surface area contributed by atoms with E-state index in [4.69, 9.17) is 18.9 Å². The zero-order chi connectivity index (χ0) is 18.5. The average molecular weight is 354 g/mol. The SMILES string of the molecule is COc1cc(/C=C/C(=O)Oc2ccc(C(C)=O)cc2)cc2c1OCCO2. The van der Waals surface area contributed by atoms with Crippen LogP contribution in [0.15, 0.2) is 42.5 Å². The molecule has 0 saturated carbocycles. The number of methoxy groups -OCH3 is 1. The Morgan fingerprint density at radius 2 is 1.81 bits per heavy atom. The Balaban J connectivity index is 1.71. The van der Waals surface area contributed by atoms with Crippen molar-refractivity contribution in [1.82, 2.24) is 0 Å². The first kappa shape index (κ1) is 17.5. The standard InChI is InChI=1S/C20H18O6/c1-13(21)15-4-6-16(7-5-15)26-19(22)8-3-14-11-17(23-2)20-18(12-14)24-9-10-25-20/h3-8,11-12H,9-10H2,1-2H3/b8-3+. The number of Topliss-reactive ketones (excluding diaryl/α,β-unsaturated/α-hetero) is 1. The molecule has 1 heterocycles. The Labute approximate surface area is 150 Å².